The molecule has 1 amide bonds. The molecule has 0 bridgehead atoms. The third-order valence-corrected chi connectivity index (χ3v) is 4.36. The maximum Gasteiger partial charge on any atom is 0.220 e. The lowest BCUT2D eigenvalue weighted by Gasteiger charge is -2.26. The van der Waals surface area contributed by atoms with Gasteiger partial charge in [0, 0.05) is 18.7 Å². The van der Waals surface area contributed by atoms with E-state index in [0.717, 1.165) is 36.9 Å². The number of carbonyl (C=O) groups excluding carboxylic acids is 1. The second-order valence-electron chi connectivity index (χ2n) is 6.20. The van der Waals surface area contributed by atoms with Gasteiger partial charge >= 0.3 is 0 Å². The smallest absolute Gasteiger partial charge is 0.220 e. The molecule has 0 spiro atoms. The molecule has 5 heteroatoms. The van der Waals surface area contributed by atoms with Gasteiger partial charge in [0.25, 0.3) is 0 Å². The van der Waals surface area contributed by atoms with Gasteiger partial charge in [0.15, 0.2) is 0 Å². The second-order valence-corrected chi connectivity index (χ2v) is 6.20. The van der Waals surface area contributed by atoms with Crippen molar-refractivity contribution in [3.05, 3.63) is 48.3 Å². The van der Waals surface area contributed by atoms with E-state index in [4.69, 9.17) is 0 Å². The second kappa shape index (κ2) is 7.42. The zero-order valence-corrected chi connectivity index (χ0v) is 13.2. The van der Waals surface area contributed by atoms with Crippen molar-refractivity contribution in [2.45, 2.75) is 50.7 Å². The minimum atomic E-state index is -0.188. The van der Waals surface area contributed by atoms with Crippen LogP contribution in [-0.2, 0) is 11.2 Å². The number of hydrogen-bond acceptors (Lipinski definition) is 3. The van der Waals surface area contributed by atoms with E-state index in [1.54, 1.807) is 0 Å². The van der Waals surface area contributed by atoms with Gasteiger partial charge in [-0.2, -0.15) is 5.10 Å². The van der Waals surface area contributed by atoms with Crippen molar-refractivity contribution in [2.75, 3.05) is 0 Å². The Morgan fingerprint density at radius 1 is 1.22 bits per heavy atom. The quantitative estimate of drug-likeness (QED) is 0.889. The fourth-order valence-corrected chi connectivity index (χ4v) is 2.99. The summed E-state index contributed by atoms with van der Waals surface area (Å²) in [6.07, 6.45) is 8.08. The molecular weight excluding hydrogens is 290 g/mol. The molecule has 122 valence electrons. The van der Waals surface area contributed by atoms with E-state index >= 15 is 0 Å². The minimum absolute atomic E-state index is 0.0823. The van der Waals surface area contributed by atoms with E-state index in [1.807, 2.05) is 47.4 Å². The van der Waals surface area contributed by atoms with Crippen molar-refractivity contribution in [1.82, 2.24) is 15.1 Å². The maximum absolute atomic E-state index is 12.0. The number of aryl methyl sites for hydroxylation is 1. The number of amides is 1. The van der Waals surface area contributed by atoms with Gasteiger partial charge in [-0.05, 0) is 49.8 Å². The Balaban J connectivity index is 1.47. The van der Waals surface area contributed by atoms with Crippen LogP contribution in [0.4, 0.5) is 0 Å². The van der Waals surface area contributed by atoms with Crippen molar-refractivity contribution in [3.8, 4) is 5.69 Å². The first kappa shape index (κ1) is 15.7. The van der Waals surface area contributed by atoms with Crippen molar-refractivity contribution in [2.24, 2.45) is 0 Å². The number of rotatable bonds is 5. The van der Waals surface area contributed by atoms with Crippen LogP contribution in [0, 0.1) is 0 Å². The Morgan fingerprint density at radius 2 is 1.96 bits per heavy atom. The van der Waals surface area contributed by atoms with Crippen molar-refractivity contribution in [3.63, 3.8) is 0 Å². The zero-order chi connectivity index (χ0) is 16.1. The summed E-state index contributed by atoms with van der Waals surface area (Å²) in [4.78, 5) is 12.0. The predicted molar refractivity (Wildman–Crippen MR) is 88.3 cm³/mol. The van der Waals surface area contributed by atoms with Gasteiger partial charge < -0.3 is 10.4 Å². The zero-order valence-electron chi connectivity index (χ0n) is 13.2. The summed E-state index contributed by atoms with van der Waals surface area (Å²) in [5.41, 5.74) is 2.08. The highest BCUT2D eigenvalue weighted by atomic mass is 16.3. The molecule has 1 aromatic heterocycles. The van der Waals surface area contributed by atoms with E-state index in [2.05, 4.69) is 10.4 Å². The summed E-state index contributed by atoms with van der Waals surface area (Å²) in [7, 11) is 0. The molecule has 1 fully saturated rings. The SMILES string of the molecule is O=C(CCc1cnn(-c2ccccc2)c1)NC1CCC(O)CC1. The van der Waals surface area contributed by atoms with Crippen LogP contribution in [0.15, 0.2) is 42.7 Å². The minimum Gasteiger partial charge on any atom is -0.393 e. The van der Waals surface area contributed by atoms with Crippen molar-refractivity contribution in [1.29, 1.82) is 0 Å². The van der Waals surface area contributed by atoms with Crippen LogP contribution in [0.25, 0.3) is 5.69 Å². The fraction of sp³-hybridized carbons (Fsp3) is 0.444. The number of nitrogens with zero attached hydrogens (tertiary/aromatic N) is 2. The molecule has 0 unspecified atom stereocenters. The molecule has 2 aromatic rings. The maximum atomic E-state index is 12.0. The molecule has 23 heavy (non-hydrogen) atoms. The summed E-state index contributed by atoms with van der Waals surface area (Å²) in [6.45, 7) is 0. The standard InChI is InChI=1S/C18H23N3O2/c22-17-9-7-15(8-10-17)20-18(23)11-6-14-12-19-21(13-14)16-4-2-1-3-5-16/h1-5,12-13,15,17,22H,6-11H2,(H,20,23). The van der Waals surface area contributed by atoms with E-state index in [9.17, 15) is 9.90 Å². The lowest BCUT2D eigenvalue weighted by atomic mass is 9.93. The van der Waals surface area contributed by atoms with E-state index in [0.29, 0.717) is 12.8 Å². The Morgan fingerprint density at radius 3 is 2.70 bits per heavy atom. The summed E-state index contributed by atoms with van der Waals surface area (Å²) >= 11 is 0. The Hall–Kier alpha value is -2.14. The average Bonchev–Trinajstić information content (AvgIpc) is 3.05. The highest BCUT2D eigenvalue weighted by molar-refractivity contribution is 5.76. The van der Waals surface area contributed by atoms with Crippen LogP contribution >= 0.6 is 0 Å². The van der Waals surface area contributed by atoms with E-state index in [-0.39, 0.29) is 18.1 Å². The third kappa shape index (κ3) is 4.42. The molecule has 2 N–H and O–H groups in total. The van der Waals surface area contributed by atoms with Crippen LogP contribution in [0.5, 0.6) is 0 Å². The number of hydrogen-bond donors (Lipinski definition) is 2. The normalized spacial score (nSPS) is 21.1. The fourth-order valence-electron chi connectivity index (χ4n) is 2.99. The van der Waals surface area contributed by atoms with Gasteiger partial charge in [0.2, 0.25) is 5.91 Å². The van der Waals surface area contributed by atoms with Gasteiger partial charge in [-0.15, -0.1) is 0 Å². The summed E-state index contributed by atoms with van der Waals surface area (Å²) in [5.74, 6) is 0.0823. The van der Waals surface area contributed by atoms with Crippen LogP contribution in [-0.4, -0.2) is 32.9 Å². The molecule has 1 aliphatic rings. The molecule has 0 saturated heterocycles. The monoisotopic (exact) mass is 313 g/mol. The first-order valence-electron chi connectivity index (χ1n) is 8.27. The van der Waals surface area contributed by atoms with Crippen LogP contribution < -0.4 is 5.32 Å². The third-order valence-electron chi connectivity index (χ3n) is 4.36. The number of benzene rings is 1. The molecule has 1 saturated carbocycles. The van der Waals surface area contributed by atoms with Gasteiger partial charge in [-0.25, -0.2) is 4.68 Å². The molecule has 1 heterocycles. The van der Waals surface area contributed by atoms with Gasteiger partial charge in [0.05, 0.1) is 18.0 Å². The van der Waals surface area contributed by atoms with Gasteiger partial charge in [-0.1, -0.05) is 18.2 Å². The average molecular weight is 313 g/mol. The number of carbonyl (C=O) groups is 1. The van der Waals surface area contributed by atoms with Gasteiger partial charge in [0.1, 0.15) is 0 Å². The summed E-state index contributed by atoms with van der Waals surface area (Å²) in [5, 5.41) is 16.9. The summed E-state index contributed by atoms with van der Waals surface area (Å²) < 4.78 is 1.83. The molecule has 1 aromatic carbocycles. The number of aromatic nitrogens is 2. The Kier molecular flexibility index (Phi) is 5.08. The molecule has 0 radical (unpaired) electrons. The Bertz CT molecular complexity index is 631. The number of aliphatic hydroxyl groups is 1. The van der Waals surface area contributed by atoms with Crippen LogP contribution in [0.2, 0.25) is 0 Å². The van der Waals surface area contributed by atoms with Crippen molar-refractivity contribution < 1.29 is 9.90 Å². The largest absolute Gasteiger partial charge is 0.393 e. The first-order valence-corrected chi connectivity index (χ1v) is 8.27. The predicted octanol–water partition coefficient (Wildman–Crippen LogP) is 2.22. The number of nitrogens with one attached hydrogen (secondary N) is 1. The highest BCUT2D eigenvalue weighted by Crippen LogP contribution is 2.18. The Labute approximate surface area is 136 Å². The first-order chi connectivity index (χ1) is 11.2. The van der Waals surface area contributed by atoms with Crippen molar-refractivity contribution >= 4 is 5.91 Å². The van der Waals surface area contributed by atoms with Gasteiger partial charge in [-0.3, -0.25) is 4.79 Å². The lowest BCUT2D eigenvalue weighted by Crippen LogP contribution is -2.38. The molecular formula is C18H23N3O2. The molecule has 3 rings (SSSR count). The molecule has 1 aliphatic carbocycles. The lowest BCUT2D eigenvalue weighted by molar-refractivity contribution is -0.122. The number of para-hydroxylation sites is 1. The topological polar surface area (TPSA) is 67.2 Å². The van der Waals surface area contributed by atoms with E-state index in [1.165, 1.54) is 0 Å². The number of aliphatic hydroxyl groups excluding tert-OH is 1. The summed E-state index contributed by atoms with van der Waals surface area (Å²) in [6, 6.07) is 10.2. The highest BCUT2D eigenvalue weighted by Gasteiger charge is 2.20. The molecule has 0 aliphatic heterocycles. The van der Waals surface area contributed by atoms with Crippen LogP contribution in [0.3, 0.4) is 0 Å². The van der Waals surface area contributed by atoms with Crippen LogP contribution in [0.1, 0.15) is 37.7 Å². The van der Waals surface area contributed by atoms with E-state index < -0.39 is 0 Å². The molecule has 0 atom stereocenters. The molecule has 5 nitrogen and oxygen atoms in total.